The number of halogens is 1. The summed E-state index contributed by atoms with van der Waals surface area (Å²) in [5.74, 6) is -0.155. The lowest BCUT2D eigenvalue weighted by molar-refractivity contribution is -0.118. The van der Waals surface area contributed by atoms with E-state index in [2.05, 4.69) is 10.3 Å². The summed E-state index contributed by atoms with van der Waals surface area (Å²) in [5, 5.41) is 13.6. The van der Waals surface area contributed by atoms with Gasteiger partial charge in [-0.3, -0.25) is 10.1 Å². The highest BCUT2D eigenvalue weighted by atomic mass is 32.1. The number of amides is 1. The molecule has 0 bridgehead atoms. The van der Waals surface area contributed by atoms with Crippen LogP contribution in [0.25, 0.3) is 11.3 Å². The average Bonchev–Trinajstić information content (AvgIpc) is 3.09. The summed E-state index contributed by atoms with van der Waals surface area (Å²) < 4.78 is 18.3. The van der Waals surface area contributed by atoms with E-state index in [1.807, 2.05) is 6.07 Å². The highest BCUT2D eigenvalue weighted by Crippen LogP contribution is 2.25. The van der Waals surface area contributed by atoms with Crippen LogP contribution in [0.15, 0.2) is 53.9 Å². The van der Waals surface area contributed by atoms with E-state index < -0.39 is 0 Å². The molecule has 0 aliphatic carbocycles. The molecule has 124 valence electrons. The van der Waals surface area contributed by atoms with Crippen molar-refractivity contribution in [3.05, 3.63) is 65.3 Å². The van der Waals surface area contributed by atoms with E-state index in [0.717, 1.165) is 5.56 Å². The largest absolute Gasteiger partial charge is 0.484 e. The Labute approximate surface area is 147 Å². The zero-order valence-corrected chi connectivity index (χ0v) is 13.7. The van der Waals surface area contributed by atoms with Gasteiger partial charge in [-0.25, -0.2) is 9.37 Å². The minimum atomic E-state index is -0.343. The van der Waals surface area contributed by atoms with E-state index in [9.17, 15) is 9.18 Å². The molecule has 0 aliphatic heterocycles. The SMILES string of the molecule is N#Cc1ccc(OCC(=O)Nc2nc(-c3ccc(F)cc3)cs2)cc1. The number of hydrogen-bond donors (Lipinski definition) is 1. The number of ether oxygens (including phenoxy) is 1. The molecule has 3 rings (SSSR count). The predicted octanol–water partition coefficient (Wildman–Crippen LogP) is 3.84. The summed E-state index contributed by atoms with van der Waals surface area (Å²) in [6.07, 6.45) is 0. The molecule has 5 nitrogen and oxygen atoms in total. The van der Waals surface area contributed by atoms with Gasteiger partial charge in [-0.2, -0.15) is 5.26 Å². The first-order valence-electron chi connectivity index (χ1n) is 7.28. The molecule has 0 aliphatic rings. The molecule has 3 aromatic rings. The number of rotatable bonds is 5. The molecule has 0 radical (unpaired) electrons. The third kappa shape index (κ3) is 4.40. The lowest BCUT2D eigenvalue weighted by atomic mass is 10.2. The standard InChI is InChI=1S/C18H12FN3O2S/c19-14-5-3-13(4-6-14)16-11-25-18(21-16)22-17(23)10-24-15-7-1-12(9-20)2-8-15/h1-8,11H,10H2,(H,21,22,23). The number of benzene rings is 2. The Balaban J connectivity index is 1.56. The van der Waals surface area contributed by atoms with Gasteiger partial charge >= 0.3 is 0 Å². The molecule has 25 heavy (non-hydrogen) atoms. The van der Waals surface area contributed by atoms with Gasteiger partial charge in [-0.15, -0.1) is 11.3 Å². The molecule has 7 heteroatoms. The predicted molar refractivity (Wildman–Crippen MR) is 92.8 cm³/mol. The molecule has 1 aromatic heterocycles. The van der Waals surface area contributed by atoms with E-state index in [-0.39, 0.29) is 18.3 Å². The lowest BCUT2D eigenvalue weighted by Crippen LogP contribution is -2.20. The van der Waals surface area contributed by atoms with Crippen LogP contribution in [-0.2, 0) is 4.79 Å². The Morgan fingerprint density at radius 2 is 1.92 bits per heavy atom. The van der Waals surface area contributed by atoms with Crippen LogP contribution in [0.4, 0.5) is 9.52 Å². The van der Waals surface area contributed by atoms with Gasteiger partial charge in [0.05, 0.1) is 17.3 Å². The topological polar surface area (TPSA) is 75.0 Å². The van der Waals surface area contributed by atoms with Gasteiger partial charge in [-0.05, 0) is 48.5 Å². The number of nitrogens with one attached hydrogen (secondary N) is 1. The molecule has 0 saturated carbocycles. The molecular weight excluding hydrogens is 341 g/mol. The van der Waals surface area contributed by atoms with Crippen molar-refractivity contribution in [3.8, 4) is 23.1 Å². The van der Waals surface area contributed by atoms with Crippen molar-refractivity contribution in [1.82, 2.24) is 4.98 Å². The van der Waals surface area contributed by atoms with Crippen molar-refractivity contribution in [2.75, 3.05) is 11.9 Å². The Kier molecular flexibility index (Phi) is 5.02. The van der Waals surface area contributed by atoms with Gasteiger partial charge < -0.3 is 4.74 Å². The number of carbonyl (C=O) groups is 1. The number of carbonyl (C=O) groups excluding carboxylic acids is 1. The zero-order chi connectivity index (χ0) is 17.6. The van der Waals surface area contributed by atoms with Crippen molar-refractivity contribution in [2.45, 2.75) is 0 Å². The first kappa shape index (κ1) is 16.6. The fraction of sp³-hybridized carbons (Fsp3) is 0.0556. The first-order chi connectivity index (χ1) is 12.1. The van der Waals surface area contributed by atoms with Gasteiger partial charge in [0.15, 0.2) is 11.7 Å². The Bertz CT molecular complexity index is 915. The highest BCUT2D eigenvalue weighted by molar-refractivity contribution is 7.14. The van der Waals surface area contributed by atoms with Crippen LogP contribution in [0, 0.1) is 17.1 Å². The second-order valence-electron chi connectivity index (χ2n) is 5.02. The molecular formula is C18H12FN3O2S. The van der Waals surface area contributed by atoms with Gasteiger partial charge in [0.2, 0.25) is 0 Å². The number of nitrogens with zero attached hydrogens (tertiary/aromatic N) is 2. The number of thiazole rings is 1. The fourth-order valence-corrected chi connectivity index (χ4v) is 2.75. The molecule has 0 unspecified atom stereocenters. The Hall–Kier alpha value is -3.24. The minimum absolute atomic E-state index is 0.169. The summed E-state index contributed by atoms with van der Waals surface area (Å²) in [4.78, 5) is 16.2. The third-order valence-corrected chi connectivity index (χ3v) is 4.00. The highest BCUT2D eigenvalue weighted by Gasteiger charge is 2.09. The minimum Gasteiger partial charge on any atom is -0.484 e. The van der Waals surface area contributed by atoms with Crippen LogP contribution in [0.1, 0.15) is 5.56 Å². The molecule has 1 heterocycles. The van der Waals surface area contributed by atoms with E-state index in [4.69, 9.17) is 10.00 Å². The van der Waals surface area contributed by atoms with E-state index in [0.29, 0.717) is 22.1 Å². The summed E-state index contributed by atoms with van der Waals surface area (Å²) in [5.41, 5.74) is 1.95. The van der Waals surface area contributed by atoms with Gasteiger partial charge in [0, 0.05) is 10.9 Å². The number of anilines is 1. The van der Waals surface area contributed by atoms with E-state index in [1.54, 1.807) is 41.8 Å². The third-order valence-electron chi connectivity index (χ3n) is 3.24. The Morgan fingerprint density at radius 3 is 2.60 bits per heavy atom. The van der Waals surface area contributed by atoms with Crippen molar-refractivity contribution >= 4 is 22.4 Å². The molecule has 2 aromatic carbocycles. The van der Waals surface area contributed by atoms with Crippen molar-refractivity contribution in [1.29, 1.82) is 5.26 Å². The first-order valence-corrected chi connectivity index (χ1v) is 8.16. The summed E-state index contributed by atoms with van der Waals surface area (Å²) in [6, 6.07) is 14.5. The second kappa shape index (κ2) is 7.55. The quantitative estimate of drug-likeness (QED) is 0.756. The smallest absolute Gasteiger partial charge is 0.264 e. The number of aromatic nitrogens is 1. The number of hydrogen-bond acceptors (Lipinski definition) is 5. The Morgan fingerprint density at radius 1 is 1.20 bits per heavy atom. The van der Waals surface area contributed by atoms with Crippen LogP contribution >= 0.6 is 11.3 Å². The normalized spacial score (nSPS) is 10.1. The van der Waals surface area contributed by atoms with Gasteiger partial charge in [-0.1, -0.05) is 0 Å². The van der Waals surface area contributed by atoms with E-state index in [1.165, 1.54) is 23.5 Å². The monoisotopic (exact) mass is 353 g/mol. The fourth-order valence-electron chi connectivity index (χ4n) is 2.01. The van der Waals surface area contributed by atoms with Crippen LogP contribution in [0.2, 0.25) is 0 Å². The molecule has 1 N–H and O–H groups in total. The maximum Gasteiger partial charge on any atom is 0.264 e. The van der Waals surface area contributed by atoms with Gasteiger partial charge in [0.25, 0.3) is 5.91 Å². The van der Waals surface area contributed by atoms with Crippen molar-refractivity contribution in [2.24, 2.45) is 0 Å². The second-order valence-corrected chi connectivity index (χ2v) is 5.88. The summed E-state index contributed by atoms with van der Waals surface area (Å²) in [6.45, 7) is -0.169. The van der Waals surface area contributed by atoms with E-state index >= 15 is 0 Å². The summed E-state index contributed by atoms with van der Waals surface area (Å²) >= 11 is 1.28. The maximum absolute atomic E-state index is 12.9. The molecule has 0 atom stereocenters. The average molecular weight is 353 g/mol. The number of nitriles is 1. The van der Waals surface area contributed by atoms with Gasteiger partial charge in [0.1, 0.15) is 11.6 Å². The van der Waals surface area contributed by atoms with Crippen molar-refractivity contribution < 1.29 is 13.9 Å². The summed E-state index contributed by atoms with van der Waals surface area (Å²) in [7, 11) is 0. The molecule has 0 saturated heterocycles. The molecule has 0 fully saturated rings. The van der Waals surface area contributed by atoms with Crippen LogP contribution in [0.3, 0.4) is 0 Å². The van der Waals surface area contributed by atoms with Crippen molar-refractivity contribution in [3.63, 3.8) is 0 Å². The van der Waals surface area contributed by atoms with Crippen LogP contribution < -0.4 is 10.1 Å². The maximum atomic E-state index is 12.9. The molecule has 1 amide bonds. The van der Waals surface area contributed by atoms with Crippen LogP contribution in [0.5, 0.6) is 5.75 Å². The molecule has 0 spiro atoms. The lowest BCUT2D eigenvalue weighted by Gasteiger charge is -2.05. The van der Waals surface area contributed by atoms with Crippen LogP contribution in [-0.4, -0.2) is 17.5 Å². The zero-order valence-electron chi connectivity index (χ0n) is 12.9.